The number of amides is 4. The molecule has 0 bridgehead atoms. The molecule has 8 rings (SSSR count). The van der Waals surface area contributed by atoms with Gasteiger partial charge >= 0.3 is 0 Å². The minimum Gasteiger partial charge on any atom is -0.507 e. The zero-order valence-electron chi connectivity index (χ0n) is 25.7. The van der Waals surface area contributed by atoms with E-state index in [0.29, 0.717) is 45.0 Å². The SMILES string of the molecule is Cc1cc([C@H]2C3=CC[C@@H]4C(=O)N(c5ccc(-c6nc7ccccc7o6)cc5)C(=O)[C@@H]4[C@@H]3C[C@@]3(Cl)C(=O)N(C)C(=O)[C@@]23Cl)cc(C)c1O. The fourth-order valence-corrected chi connectivity index (χ4v) is 9.30. The van der Waals surface area contributed by atoms with E-state index in [9.17, 15) is 24.3 Å². The summed E-state index contributed by atoms with van der Waals surface area (Å²) in [4.78, 5) is 58.8. The fraction of sp³-hybridized carbons (Fsp3) is 0.306. The number of aromatic nitrogens is 1. The van der Waals surface area contributed by atoms with Gasteiger partial charge in [0.15, 0.2) is 15.3 Å². The van der Waals surface area contributed by atoms with Crippen LogP contribution in [0.2, 0.25) is 0 Å². The molecule has 6 atom stereocenters. The molecule has 0 radical (unpaired) electrons. The number of benzene rings is 3. The van der Waals surface area contributed by atoms with E-state index in [1.807, 2.05) is 30.3 Å². The highest BCUT2D eigenvalue weighted by atomic mass is 35.5. The lowest BCUT2D eigenvalue weighted by molar-refractivity contribution is -0.138. The topological polar surface area (TPSA) is 121 Å². The second-order valence-electron chi connectivity index (χ2n) is 13.0. The second-order valence-corrected chi connectivity index (χ2v) is 14.3. The van der Waals surface area contributed by atoms with Gasteiger partial charge in [0, 0.05) is 18.5 Å². The van der Waals surface area contributed by atoms with Crippen molar-refractivity contribution in [2.24, 2.45) is 17.8 Å². The van der Waals surface area contributed by atoms with Crippen LogP contribution < -0.4 is 4.90 Å². The number of fused-ring (bicyclic) bond motifs is 5. The molecule has 0 spiro atoms. The Morgan fingerprint density at radius 3 is 2.28 bits per heavy atom. The van der Waals surface area contributed by atoms with Gasteiger partial charge < -0.3 is 9.52 Å². The number of carbonyl (C=O) groups excluding carboxylic acids is 4. The summed E-state index contributed by atoms with van der Waals surface area (Å²) in [6.07, 6.45) is 2.07. The quantitative estimate of drug-likeness (QED) is 0.161. The first kappa shape index (κ1) is 29.9. The summed E-state index contributed by atoms with van der Waals surface area (Å²) in [6, 6.07) is 17.8. The van der Waals surface area contributed by atoms with Crippen LogP contribution in [0.25, 0.3) is 22.6 Å². The third kappa shape index (κ3) is 3.87. The van der Waals surface area contributed by atoms with Crippen molar-refractivity contribution in [2.75, 3.05) is 11.9 Å². The molecule has 3 fully saturated rings. The number of imide groups is 2. The van der Waals surface area contributed by atoms with Gasteiger partial charge in [-0.25, -0.2) is 4.98 Å². The maximum atomic E-state index is 14.3. The molecule has 1 N–H and O–H groups in total. The Bertz CT molecular complexity index is 2050. The first-order valence-electron chi connectivity index (χ1n) is 15.4. The number of aromatic hydroxyl groups is 1. The predicted octanol–water partition coefficient (Wildman–Crippen LogP) is 6.01. The Balaban J connectivity index is 1.19. The lowest BCUT2D eigenvalue weighted by atomic mass is 9.56. The molecule has 4 aliphatic rings. The molecule has 1 saturated carbocycles. The second kappa shape index (κ2) is 10.0. The van der Waals surface area contributed by atoms with E-state index in [-0.39, 0.29) is 24.5 Å². The van der Waals surface area contributed by atoms with Crippen LogP contribution >= 0.6 is 23.2 Å². The highest BCUT2D eigenvalue weighted by Gasteiger charge is 2.75. The van der Waals surface area contributed by atoms with Gasteiger partial charge in [-0.3, -0.25) is 29.0 Å². The number of oxazole rings is 1. The van der Waals surface area contributed by atoms with Crippen molar-refractivity contribution in [1.29, 1.82) is 0 Å². The van der Waals surface area contributed by atoms with Crippen molar-refractivity contribution in [1.82, 2.24) is 9.88 Å². The maximum Gasteiger partial charge on any atom is 0.253 e. The molecule has 0 unspecified atom stereocenters. The van der Waals surface area contributed by atoms with E-state index < -0.39 is 51.1 Å². The predicted molar refractivity (Wildman–Crippen MR) is 175 cm³/mol. The average Bonchev–Trinajstić information content (AvgIpc) is 3.64. The van der Waals surface area contributed by atoms with E-state index in [1.54, 1.807) is 50.2 Å². The number of carbonyl (C=O) groups is 4. The molecule has 4 aromatic rings. The normalized spacial score (nSPS) is 30.1. The van der Waals surface area contributed by atoms with Crippen LogP contribution in [-0.4, -0.2) is 55.4 Å². The monoisotopic (exact) mass is 669 g/mol. The third-order valence-electron chi connectivity index (χ3n) is 10.5. The molecule has 3 aromatic carbocycles. The number of anilines is 1. The fourth-order valence-electron chi connectivity index (χ4n) is 8.28. The molecular formula is C36H29Cl2N3O6. The Hall–Kier alpha value is -4.47. The van der Waals surface area contributed by atoms with Crippen molar-refractivity contribution in [3.63, 3.8) is 0 Å². The number of phenols is 1. The van der Waals surface area contributed by atoms with Crippen LogP contribution in [-0.2, 0) is 19.2 Å². The summed E-state index contributed by atoms with van der Waals surface area (Å²) in [5, 5.41) is 10.5. The Kier molecular flexibility index (Phi) is 6.37. The zero-order valence-corrected chi connectivity index (χ0v) is 27.2. The third-order valence-corrected chi connectivity index (χ3v) is 11.9. The van der Waals surface area contributed by atoms with Crippen molar-refractivity contribution >= 4 is 63.6 Å². The van der Waals surface area contributed by atoms with E-state index in [1.165, 1.54) is 11.9 Å². The van der Waals surface area contributed by atoms with Crippen LogP contribution in [0, 0.1) is 31.6 Å². The van der Waals surface area contributed by atoms with Gasteiger partial charge in [-0.05, 0) is 85.7 Å². The molecule has 2 aliphatic carbocycles. The summed E-state index contributed by atoms with van der Waals surface area (Å²) < 4.78 is 5.88. The number of likely N-dealkylation sites (tertiary alicyclic amines) is 1. The first-order chi connectivity index (χ1) is 22.4. The standard InChI is InChI=1S/C36H29Cl2N3O6/c1-17-14-20(15-18(2)29(17)42)28-22-12-13-23-27(24(22)16-35(37)33(45)40(3)34(46)36(28,35)38)32(44)41(31(23)43)21-10-8-19(9-11-21)30-39-25-6-4-5-7-26(25)47-30/h4-12,14-15,23-24,27-28,42H,13,16H2,1-3H3/t23-,24+,27-,28-,35+,36-/m0/s1. The van der Waals surface area contributed by atoms with Crippen molar-refractivity contribution in [2.45, 2.75) is 42.4 Å². The van der Waals surface area contributed by atoms with Gasteiger partial charge in [-0.15, -0.1) is 23.2 Å². The van der Waals surface area contributed by atoms with Crippen molar-refractivity contribution in [3.05, 3.63) is 89.0 Å². The molecule has 2 saturated heterocycles. The number of hydrogen-bond donors (Lipinski definition) is 1. The number of aryl methyl sites for hydroxylation is 2. The number of alkyl halides is 2. The highest BCUT2D eigenvalue weighted by molar-refractivity contribution is 6.53. The van der Waals surface area contributed by atoms with E-state index in [2.05, 4.69) is 4.98 Å². The van der Waals surface area contributed by atoms with Gasteiger partial charge in [-0.2, -0.15) is 0 Å². The molecule has 238 valence electrons. The Morgan fingerprint density at radius 1 is 0.915 bits per heavy atom. The summed E-state index contributed by atoms with van der Waals surface area (Å²) >= 11 is 14.5. The van der Waals surface area contributed by atoms with Crippen LogP contribution in [0.15, 0.2) is 76.7 Å². The van der Waals surface area contributed by atoms with E-state index >= 15 is 0 Å². The summed E-state index contributed by atoms with van der Waals surface area (Å²) in [6.45, 7) is 3.49. The smallest absolute Gasteiger partial charge is 0.253 e. The molecule has 11 heteroatoms. The molecule has 3 heterocycles. The first-order valence-corrected chi connectivity index (χ1v) is 16.2. The van der Waals surface area contributed by atoms with E-state index in [4.69, 9.17) is 27.6 Å². The van der Waals surface area contributed by atoms with Crippen LogP contribution in [0.4, 0.5) is 5.69 Å². The van der Waals surface area contributed by atoms with Gasteiger partial charge in [0.25, 0.3) is 11.8 Å². The number of phenolic OH excluding ortho intramolecular Hbond substituents is 1. The molecule has 2 aliphatic heterocycles. The molecule has 9 nitrogen and oxygen atoms in total. The van der Waals surface area contributed by atoms with Gasteiger partial charge in [-0.1, -0.05) is 35.9 Å². The molecule has 4 amide bonds. The number of allylic oxidation sites excluding steroid dienone is 2. The largest absolute Gasteiger partial charge is 0.507 e. The zero-order chi connectivity index (χ0) is 33.2. The number of rotatable bonds is 3. The minimum absolute atomic E-state index is 0.0873. The molecular weight excluding hydrogens is 641 g/mol. The lowest BCUT2D eigenvalue weighted by Gasteiger charge is -2.51. The lowest BCUT2D eigenvalue weighted by Crippen LogP contribution is -2.60. The van der Waals surface area contributed by atoms with Gasteiger partial charge in [0.1, 0.15) is 11.3 Å². The molecule has 47 heavy (non-hydrogen) atoms. The maximum absolute atomic E-state index is 14.3. The van der Waals surface area contributed by atoms with Gasteiger partial charge in [0.2, 0.25) is 17.7 Å². The summed E-state index contributed by atoms with van der Waals surface area (Å²) in [5.74, 6) is -4.47. The van der Waals surface area contributed by atoms with Gasteiger partial charge in [0.05, 0.1) is 17.5 Å². The summed E-state index contributed by atoms with van der Waals surface area (Å²) in [5.41, 5.74) is 4.92. The number of halogens is 2. The molecule has 1 aromatic heterocycles. The van der Waals surface area contributed by atoms with E-state index in [0.717, 1.165) is 10.4 Å². The van der Waals surface area contributed by atoms with Crippen LogP contribution in [0.3, 0.4) is 0 Å². The van der Waals surface area contributed by atoms with Crippen LogP contribution in [0.5, 0.6) is 5.75 Å². The Labute approximate surface area is 279 Å². The minimum atomic E-state index is -1.88. The number of nitrogens with zero attached hydrogens (tertiary/aromatic N) is 3. The van der Waals surface area contributed by atoms with Crippen molar-refractivity contribution < 1.29 is 28.7 Å². The highest BCUT2D eigenvalue weighted by Crippen LogP contribution is 2.65. The average molecular weight is 671 g/mol. The van der Waals surface area contributed by atoms with Crippen LogP contribution in [0.1, 0.15) is 35.4 Å². The number of para-hydroxylation sites is 2. The summed E-state index contributed by atoms with van der Waals surface area (Å²) in [7, 11) is 1.36. The number of hydrogen-bond acceptors (Lipinski definition) is 7. The van der Waals surface area contributed by atoms with Crippen molar-refractivity contribution in [3.8, 4) is 17.2 Å². The Morgan fingerprint density at radius 2 is 1.60 bits per heavy atom.